The third-order valence-electron chi connectivity index (χ3n) is 5.26. The lowest BCUT2D eigenvalue weighted by Crippen LogP contribution is -2.14. The van der Waals surface area contributed by atoms with Gasteiger partial charge in [0.05, 0.1) is 18.5 Å². The highest BCUT2D eigenvalue weighted by Crippen LogP contribution is 2.34. The van der Waals surface area contributed by atoms with E-state index in [1.54, 1.807) is 48.3 Å². The van der Waals surface area contributed by atoms with Gasteiger partial charge in [0.2, 0.25) is 5.91 Å². The minimum atomic E-state index is -0.263. The number of carbonyl (C=O) groups is 2. The van der Waals surface area contributed by atoms with Crippen LogP contribution in [0.5, 0.6) is 5.75 Å². The zero-order valence-corrected chi connectivity index (χ0v) is 19.4. The summed E-state index contributed by atoms with van der Waals surface area (Å²) < 4.78 is 6.92. The molecule has 2 amide bonds. The highest BCUT2D eigenvalue weighted by Gasteiger charge is 2.19. The molecule has 0 unspecified atom stereocenters. The van der Waals surface area contributed by atoms with E-state index in [-0.39, 0.29) is 11.8 Å². The molecule has 0 aliphatic carbocycles. The van der Waals surface area contributed by atoms with Crippen molar-refractivity contribution in [2.24, 2.45) is 0 Å². The van der Waals surface area contributed by atoms with Gasteiger partial charge in [-0.1, -0.05) is 18.2 Å². The predicted molar refractivity (Wildman–Crippen MR) is 132 cm³/mol. The summed E-state index contributed by atoms with van der Waals surface area (Å²) in [5, 5.41) is 10.4. The number of carbonyl (C=O) groups excluding carboxylic acids is 2. The smallest absolute Gasteiger partial charge is 0.256 e. The van der Waals surface area contributed by atoms with E-state index in [0.29, 0.717) is 22.9 Å². The lowest BCUT2D eigenvalue weighted by Gasteiger charge is -2.11. The molecule has 4 aromatic rings. The Labute approximate surface area is 197 Å². The number of rotatable bonds is 6. The number of hydrogen-bond donors (Lipinski definition) is 2. The van der Waals surface area contributed by atoms with E-state index in [4.69, 9.17) is 4.74 Å². The second kappa shape index (κ2) is 9.58. The first-order chi connectivity index (χ1) is 16.4. The first kappa shape index (κ1) is 22.7. The maximum absolute atomic E-state index is 12.6. The van der Waals surface area contributed by atoms with Gasteiger partial charge in [-0.25, -0.2) is 9.67 Å². The molecule has 0 radical (unpaired) electrons. The molecule has 0 saturated heterocycles. The van der Waals surface area contributed by atoms with E-state index in [9.17, 15) is 9.59 Å². The summed E-state index contributed by atoms with van der Waals surface area (Å²) >= 11 is 0. The number of methoxy groups -OCH3 is 1. The van der Waals surface area contributed by atoms with E-state index in [0.717, 1.165) is 28.1 Å². The third kappa shape index (κ3) is 4.80. The largest absolute Gasteiger partial charge is 0.497 e. The number of benzene rings is 2. The SMILES string of the molecule is COc1ccc(-c2c(C)nn(-c3ccc(C(=O)Nc4ccc(C)cn4)cc3)c2NC(C)=O)cc1. The quantitative estimate of drug-likeness (QED) is 0.436. The molecule has 0 spiro atoms. The number of amides is 2. The maximum atomic E-state index is 12.6. The number of anilines is 2. The Kier molecular flexibility index (Phi) is 6.40. The Morgan fingerprint density at radius 3 is 2.21 bits per heavy atom. The number of aryl methyl sites for hydroxylation is 2. The molecule has 0 atom stereocenters. The minimum absolute atomic E-state index is 0.211. The van der Waals surface area contributed by atoms with Crippen molar-refractivity contribution in [3.63, 3.8) is 0 Å². The summed E-state index contributed by atoms with van der Waals surface area (Å²) in [6.45, 7) is 5.28. The Balaban J connectivity index is 1.66. The van der Waals surface area contributed by atoms with Gasteiger partial charge in [-0.05, 0) is 67.4 Å². The average molecular weight is 456 g/mol. The van der Waals surface area contributed by atoms with Gasteiger partial charge in [0, 0.05) is 24.2 Å². The predicted octanol–water partition coefficient (Wildman–Crippen LogP) is 4.77. The van der Waals surface area contributed by atoms with Gasteiger partial charge in [-0.3, -0.25) is 9.59 Å². The highest BCUT2D eigenvalue weighted by atomic mass is 16.5. The van der Waals surface area contributed by atoms with E-state index in [1.807, 2.05) is 44.2 Å². The molecular formula is C26H25N5O3. The van der Waals surface area contributed by atoms with Gasteiger partial charge in [-0.2, -0.15) is 5.10 Å². The number of pyridine rings is 1. The number of ether oxygens (including phenoxy) is 1. The maximum Gasteiger partial charge on any atom is 0.256 e. The van der Waals surface area contributed by atoms with Gasteiger partial charge in [-0.15, -0.1) is 0 Å². The molecule has 8 nitrogen and oxygen atoms in total. The van der Waals surface area contributed by atoms with E-state index in [1.165, 1.54) is 6.92 Å². The van der Waals surface area contributed by atoms with Crippen molar-refractivity contribution in [2.45, 2.75) is 20.8 Å². The van der Waals surface area contributed by atoms with Crippen molar-refractivity contribution in [1.82, 2.24) is 14.8 Å². The first-order valence-corrected chi connectivity index (χ1v) is 10.7. The van der Waals surface area contributed by atoms with Crippen molar-refractivity contribution in [3.05, 3.63) is 83.7 Å². The van der Waals surface area contributed by atoms with Crippen LogP contribution in [0.2, 0.25) is 0 Å². The summed E-state index contributed by atoms with van der Waals surface area (Å²) in [6.07, 6.45) is 1.70. The molecule has 0 bridgehead atoms. The van der Waals surface area contributed by atoms with Crippen LogP contribution < -0.4 is 15.4 Å². The zero-order chi connectivity index (χ0) is 24.2. The van der Waals surface area contributed by atoms with Crippen LogP contribution in [0.4, 0.5) is 11.6 Å². The van der Waals surface area contributed by atoms with Gasteiger partial charge in [0.25, 0.3) is 5.91 Å². The van der Waals surface area contributed by atoms with Crippen LogP contribution in [0.1, 0.15) is 28.5 Å². The van der Waals surface area contributed by atoms with E-state index >= 15 is 0 Å². The number of nitrogens with zero attached hydrogens (tertiary/aromatic N) is 3. The molecule has 0 aliphatic rings. The molecule has 2 aromatic carbocycles. The number of hydrogen-bond acceptors (Lipinski definition) is 5. The Bertz CT molecular complexity index is 1320. The fourth-order valence-corrected chi connectivity index (χ4v) is 3.58. The standard InChI is InChI=1S/C26H25N5O3/c1-16-5-14-23(27-15-16)29-26(33)20-6-10-21(11-7-20)31-25(28-18(3)32)24(17(2)30-31)19-8-12-22(34-4)13-9-19/h5-15H,1-4H3,(H,28,32)(H,27,29,33). The lowest BCUT2D eigenvalue weighted by atomic mass is 10.1. The lowest BCUT2D eigenvalue weighted by molar-refractivity contribution is -0.114. The molecular weight excluding hydrogens is 430 g/mol. The third-order valence-corrected chi connectivity index (χ3v) is 5.26. The van der Waals surface area contributed by atoms with Crippen LogP contribution in [0, 0.1) is 13.8 Å². The summed E-state index contributed by atoms with van der Waals surface area (Å²) in [5.41, 5.74) is 4.66. The van der Waals surface area contributed by atoms with Crippen molar-refractivity contribution in [3.8, 4) is 22.6 Å². The van der Waals surface area contributed by atoms with Crippen LogP contribution in [0.25, 0.3) is 16.8 Å². The summed E-state index contributed by atoms with van der Waals surface area (Å²) in [5.74, 6) is 1.30. The normalized spacial score (nSPS) is 10.6. The van der Waals surface area contributed by atoms with Crippen LogP contribution in [0.3, 0.4) is 0 Å². The highest BCUT2D eigenvalue weighted by molar-refractivity contribution is 6.03. The summed E-state index contributed by atoms with van der Waals surface area (Å²) in [4.78, 5) is 28.8. The van der Waals surface area contributed by atoms with Crippen LogP contribution in [-0.4, -0.2) is 33.7 Å². The molecule has 4 rings (SSSR count). The van der Waals surface area contributed by atoms with E-state index < -0.39 is 0 Å². The van der Waals surface area contributed by atoms with Crippen molar-refractivity contribution >= 4 is 23.5 Å². The van der Waals surface area contributed by atoms with Gasteiger partial charge in [0.15, 0.2) is 0 Å². The van der Waals surface area contributed by atoms with Crippen molar-refractivity contribution < 1.29 is 14.3 Å². The molecule has 0 aliphatic heterocycles. The molecule has 8 heteroatoms. The molecule has 2 heterocycles. The second-order valence-corrected chi connectivity index (χ2v) is 7.85. The minimum Gasteiger partial charge on any atom is -0.497 e. The molecule has 0 saturated carbocycles. The van der Waals surface area contributed by atoms with Crippen LogP contribution >= 0.6 is 0 Å². The zero-order valence-electron chi connectivity index (χ0n) is 19.4. The topological polar surface area (TPSA) is 98.1 Å². The number of aromatic nitrogens is 3. The summed E-state index contributed by atoms with van der Waals surface area (Å²) in [7, 11) is 1.61. The van der Waals surface area contributed by atoms with Crippen LogP contribution in [0.15, 0.2) is 66.9 Å². The molecule has 172 valence electrons. The number of nitrogens with one attached hydrogen (secondary N) is 2. The van der Waals surface area contributed by atoms with Gasteiger partial charge >= 0.3 is 0 Å². The van der Waals surface area contributed by atoms with Gasteiger partial charge < -0.3 is 15.4 Å². The molecule has 0 fully saturated rings. The first-order valence-electron chi connectivity index (χ1n) is 10.7. The monoisotopic (exact) mass is 455 g/mol. The average Bonchev–Trinajstić information content (AvgIpc) is 3.15. The Morgan fingerprint density at radius 1 is 0.912 bits per heavy atom. The second-order valence-electron chi connectivity index (χ2n) is 7.85. The molecule has 2 N–H and O–H groups in total. The fourth-order valence-electron chi connectivity index (χ4n) is 3.58. The van der Waals surface area contributed by atoms with Crippen molar-refractivity contribution in [1.29, 1.82) is 0 Å². The van der Waals surface area contributed by atoms with E-state index in [2.05, 4.69) is 20.7 Å². The summed E-state index contributed by atoms with van der Waals surface area (Å²) in [6, 6.07) is 18.2. The van der Waals surface area contributed by atoms with Crippen LogP contribution in [-0.2, 0) is 4.79 Å². The molecule has 2 aromatic heterocycles. The Hall–Kier alpha value is -4.46. The van der Waals surface area contributed by atoms with Gasteiger partial charge in [0.1, 0.15) is 17.4 Å². The van der Waals surface area contributed by atoms with Crippen molar-refractivity contribution in [2.75, 3.05) is 17.7 Å². The molecule has 34 heavy (non-hydrogen) atoms. The Morgan fingerprint density at radius 2 is 1.62 bits per heavy atom. The fraction of sp³-hybridized carbons (Fsp3) is 0.154.